The lowest BCUT2D eigenvalue weighted by Crippen LogP contribution is -2.27. The van der Waals surface area contributed by atoms with Crippen LogP contribution in [0.4, 0.5) is 11.4 Å². The maximum Gasteiger partial charge on any atom is 0.0447 e. The SMILES string of the molecule is CN(C)c1cccc2cccc(P(=S)(c3ccccc3)c3cccc4cccc(N(C)C)c34)c12. The molecule has 5 aromatic rings. The zero-order valence-corrected chi connectivity index (χ0v) is 21.8. The van der Waals surface area contributed by atoms with Gasteiger partial charge in [0.2, 0.25) is 0 Å². The molecule has 170 valence electrons. The quantitative estimate of drug-likeness (QED) is 0.290. The van der Waals surface area contributed by atoms with Crippen molar-refractivity contribution in [1.29, 1.82) is 0 Å². The normalized spacial score (nSPS) is 11.6. The van der Waals surface area contributed by atoms with Gasteiger partial charge < -0.3 is 9.80 Å². The van der Waals surface area contributed by atoms with Crippen LogP contribution in [0.1, 0.15) is 0 Å². The number of nitrogens with zero attached hydrogens (tertiary/aromatic N) is 2. The lowest BCUT2D eigenvalue weighted by atomic mass is 10.1. The molecule has 5 aromatic carbocycles. The summed E-state index contributed by atoms with van der Waals surface area (Å²) < 4.78 is 0. The molecule has 0 N–H and O–H groups in total. The van der Waals surface area contributed by atoms with Crippen LogP contribution in [0.5, 0.6) is 0 Å². The van der Waals surface area contributed by atoms with Crippen molar-refractivity contribution in [2.75, 3.05) is 38.0 Å². The molecule has 2 nitrogen and oxygen atoms in total. The zero-order chi connectivity index (χ0) is 23.9. The van der Waals surface area contributed by atoms with Gasteiger partial charge in [-0.15, -0.1) is 0 Å². The van der Waals surface area contributed by atoms with Crippen molar-refractivity contribution >= 4 is 66.7 Å². The van der Waals surface area contributed by atoms with Gasteiger partial charge in [0.15, 0.2) is 0 Å². The van der Waals surface area contributed by atoms with Crippen LogP contribution in [-0.2, 0) is 11.8 Å². The van der Waals surface area contributed by atoms with Gasteiger partial charge in [-0.3, -0.25) is 0 Å². The summed E-state index contributed by atoms with van der Waals surface area (Å²) in [7, 11) is 8.44. The van der Waals surface area contributed by atoms with Gasteiger partial charge >= 0.3 is 0 Å². The Bertz CT molecular complexity index is 1430. The van der Waals surface area contributed by atoms with E-state index in [4.69, 9.17) is 11.8 Å². The summed E-state index contributed by atoms with van der Waals surface area (Å²) in [6, 6.07) is 34.6. The molecule has 0 saturated carbocycles. The first kappa shape index (κ1) is 22.7. The van der Waals surface area contributed by atoms with Crippen LogP contribution in [0.2, 0.25) is 0 Å². The van der Waals surface area contributed by atoms with E-state index in [1.807, 2.05) is 0 Å². The highest BCUT2D eigenvalue weighted by Gasteiger charge is 2.30. The Kier molecular flexibility index (Phi) is 5.93. The summed E-state index contributed by atoms with van der Waals surface area (Å²) >= 11 is 6.92. The van der Waals surface area contributed by atoms with Crippen molar-refractivity contribution in [3.63, 3.8) is 0 Å². The number of rotatable bonds is 5. The molecule has 0 saturated heterocycles. The van der Waals surface area contributed by atoms with Crippen molar-refractivity contribution in [3.8, 4) is 0 Å². The Labute approximate surface area is 207 Å². The fourth-order valence-corrected chi connectivity index (χ4v) is 9.31. The molecule has 4 heteroatoms. The van der Waals surface area contributed by atoms with Gasteiger partial charge in [-0.1, -0.05) is 103 Å². The van der Waals surface area contributed by atoms with Crippen LogP contribution < -0.4 is 25.7 Å². The second kappa shape index (κ2) is 8.91. The molecule has 5 rings (SSSR count). The summed E-state index contributed by atoms with van der Waals surface area (Å²) in [5.74, 6) is 0. The topological polar surface area (TPSA) is 6.48 Å². The van der Waals surface area contributed by atoms with E-state index in [9.17, 15) is 0 Å². The molecule has 0 heterocycles. The third kappa shape index (κ3) is 3.60. The molecule has 0 unspecified atom stereocenters. The maximum atomic E-state index is 6.92. The average Bonchev–Trinajstić information content (AvgIpc) is 2.87. The third-order valence-corrected chi connectivity index (χ3v) is 11.4. The highest BCUT2D eigenvalue weighted by atomic mass is 32.4. The Morgan fingerprint density at radius 2 is 0.912 bits per heavy atom. The van der Waals surface area contributed by atoms with E-state index in [0.29, 0.717) is 0 Å². The molecule has 34 heavy (non-hydrogen) atoms. The van der Waals surface area contributed by atoms with Crippen LogP contribution >= 0.6 is 6.04 Å². The van der Waals surface area contributed by atoms with Gasteiger partial charge in [0.25, 0.3) is 0 Å². The van der Waals surface area contributed by atoms with E-state index in [2.05, 4.69) is 141 Å². The summed E-state index contributed by atoms with van der Waals surface area (Å²) in [6.07, 6.45) is 0. The van der Waals surface area contributed by atoms with Crippen LogP contribution in [0.25, 0.3) is 21.5 Å². The van der Waals surface area contributed by atoms with Crippen molar-refractivity contribution in [2.24, 2.45) is 0 Å². The number of hydrogen-bond donors (Lipinski definition) is 0. The first-order valence-electron chi connectivity index (χ1n) is 11.5. The van der Waals surface area contributed by atoms with E-state index in [1.165, 1.54) is 48.8 Å². The molecule has 0 radical (unpaired) electrons. The van der Waals surface area contributed by atoms with Gasteiger partial charge in [-0.25, -0.2) is 0 Å². The second-order valence-corrected chi connectivity index (χ2v) is 13.4. The third-order valence-electron chi connectivity index (χ3n) is 6.48. The van der Waals surface area contributed by atoms with E-state index < -0.39 is 6.04 Å². The fourth-order valence-electron chi connectivity index (χ4n) is 4.92. The van der Waals surface area contributed by atoms with Gasteiger partial charge in [0, 0.05) is 67.0 Å². The van der Waals surface area contributed by atoms with E-state index in [1.54, 1.807) is 0 Å². The van der Waals surface area contributed by atoms with Gasteiger partial charge in [0.05, 0.1) is 0 Å². The molecule has 0 aromatic heterocycles. The molecular weight excluding hydrogens is 451 g/mol. The highest BCUT2D eigenvalue weighted by molar-refractivity contribution is 8.25. The smallest absolute Gasteiger partial charge is 0.0447 e. The van der Waals surface area contributed by atoms with Crippen LogP contribution in [0.3, 0.4) is 0 Å². The summed E-state index contributed by atoms with van der Waals surface area (Å²) in [4.78, 5) is 4.40. The molecule has 0 amide bonds. The molecular formula is C30H29N2PS. The van der Waals surface area contributed by atoms with Crippen molar-refractivity contribution in [2.45, 2.75) is 0 Å². The lowest BCUT2D eigenvalue weighted by Gasteiger charge is -2.30. The summed E-state index contributed by atoms with van der Waals surface area (Å²) in [5.41, 5.74) is 2.40. The van der Waals surface area contributed by atoms with Crippen molar-refractivity contribution in [3.05, 3.63) is 103 Å². The number of anilines is 2. The average molecular weight is 481 g/mol. The van der Waals surface area contributed by atoms with E-state index in [0.717, 1.165) is 0 Å². The van der Waals surface area contributed by atoms with E-state index in [-0.39, 0.29) is 0 Å². The van der Waals surface area contributed by atoms with Gasteiger partial charge in [-0.05, 0) is 28.2 Å². The zero-order valence-electron chi connectivity index (χ0n) is 20.1. The second-order valence-electron chi connectivity index (χ2n) is 9.04. The lowest BCUT2D eigenvalue weighted by molar-refractivity contribution is 1.14. The number of fused-ring (bicyclic) bond motifs is 2. The maximum absolute atomic E-state index is 6.92. The Hall–Kier alpha value is -3.13. The molecule has 0 aliphatic rings. The predicted octanol–water partition coefficient (Wildman–Crippen LogP) is 5.88. The van der Waals surface area contributed by atoms with E-state index >= 15 is 0 Å². The van der Waals surface area contributed by atoms with Gasteiger partial charge in [0.1, 0.15) is 0 Å². The van der Waals surface area contributed by atoms with Crippen LogP contribution in [0, 0.1) is 0 Å². The number of benzene rings is 5. The first-order chi connectivity index (χ1) is 16.4. The van der Waals surface area contributed by atoms with Crippen LogP contribution in [0.15, 0.2) is 103 Å². The van der Waals surface area contributed by atoms with Crippen molar-refractivity contribution in [1.82, 2.24) is 0 Å². The van der Waals surface area contributed by atoms with Gasteiger partial charge in [-0.2, -0.15) is 0 Å². The first-order valence-corrected chi connectivity index (χ1v) is 14.3. The van der Waals surface area contributed by atoms with Crippen LogP contribution in [-0.4, -0.2) is 28.2 Å². The minimum atomic E-state index is -2.42. The Balaban J connectivity index is 1.99. The van der Waals surface area contributed by atoms with Crippen molar-refractivity contribution < 1.29 is 0 Å². The Morgan fingerprint density at radius 1 is 0.500 bits per heavy atom. The summed E-state index contributed by atoms with van der Waals surface area (Å²) in [6.45, 7) is 0. The Morgan fingerprint density at radius 3 is 1.32 bits per heavy atom. The standard InChI is InChI=1S/C30H29N2PS/c1-31(2)25-18-8-12-22-14-10-20-27(29(22)25)33(34,24-16-6-5-7-17-24)28-21-11-15-23-13-9-19-26(30(23)28)32(3)4/h5-21H,1-4H3. The molecule has 0 fully saturated rings. The minimum Gasteiger partial charge on any atom is -0.377 e. The number of hydrogen-bond acceptors (Lipinski definition) is 3. The summed E-state index contributed by atoms with van der Waals surface area (Å²) in [5, 5.41) is 8.66. The molecule has 0 spiro atoms. The monoisotopic (exact) mass is 480 g/mol. The molecule has 0 aliphatic carbocycles. The molecule has 0 atom stereocenters. The molecule has 0 bridgehead atoms. The predicted molar refractivity (Wildman–Crippen MR) is 156 cm³/mol. The molecule has 0 aliphatic heterocycles. The minimum absolute atomic E-state index is 1.20. The fraction of sp³-hybridized carbons (Fsp3) is 0.133. The largest absolute Gasteiger partial charge is 0.377 e. The highest BCUT2D eigenvalue weighted by Crippen LogP contribution is 2.48.